The number of nitrogens with two attached hydrogens (primary N) is 1. The number of carbonyl (C=O) groups is 4. The Bertz CT molecular complexity index is 3090. The number of fused-ring (bicyclic) bond motifs is 2. The standard InChI is InChI=1S/C25H25N5O5.C17H16BrN5O2.C7H9NO2/c1-28-9-8-25(33,24(28)32)7-6-17-4-3-5-18(14-17)30-22-20(21(27-30)23(31)34-2)15-19(16-26-22)29-10-12-35-13-11-29;18-11-2-1-3-12(8-11)23-17-14(15(21-23)16(19)24)9-13(10-20-17)22-4-6-25-7-5-22;1-3-7(10)4-5-8(2)6(7)9/h3-5,14-16,33H,8-13H2,1-2H3;1-3,8-10H,4-7H2,(H2,19,24);1,10H,4-5H2,2H3/t25-;;7-/m0.0/s1. The molecule has 362 valence electrons. The highest BCUT2D eigenvalue weighted by Crippen LogP contribution is 2.29. The molecule has 0 saturated carbocycles. The molecular formula is C49H50BrN11O9. The van der Waals surface area contributed by atoms with E-state index in [0.717, 1.165) is 47.7 Å². The second-order valence-electron chi connectivity index (χ2n) is 16.8. The van der Waals surface area contributed by atoms with Crippen LogP contribution in [0, 0.1) is 24.2 Å². The summed E-state index contributed by atoms with van der Waals surface area (Å²) in [6, 6.07) is 18.6. The van der Waals surface area contributed by atoms with E-state index < -0.39 is 29.0 Å². The van der Waals surface area contributed by atoms with Crippen LogP contribution in [0.2, 0.25) is 0 Å². The Balaban J connectivity index is 0.000000163. The van der Waals surface area contributed by atoms with Crippen molar-refractivity contribution in [2.45, 2.75) is 24.0 Å². The number of methoxy groups -OCH3 is 1. The number of rotatable bonds is 6. The van der Waals surface area contributed by atoms with Crippen molar-refractivity contribution >= 4 is 73.1 Å². The van der Waals surface area contributed by atoms with E-state index in [1.807, 2.05) is 42.5 Å². The molecular weight excluding hydrogens is 967 g/mol. The molecule has 8 heterocycles. The van der Waals surface area contributed by atoms with Gasteiger partial charge in [0.2, 0.25) is 11.2 Å². The quantitative estimate of drug-likeness (QED) is 0.160. The van der Waals surface area contributed by atoms with Gasteiger partial charge >= 0.3 is 5.97 Å². The van der Waals surface area contributed by atoms with E-state index in [9.17, 15) is 29.4 Å². The van der Waals surface area contributed by atoms with Crippen LogP contribution in [0.25, 0.3) is 33.4 Å². The third-order valence-electron chi connectivity index (χ3n) is 12.2. The van der Waals surface area contributed by atoms with Crippen LogP contribution in [-0.4, -0.2) is 171 Å². The summed E-state index contributed by atoms with van der Waals surface area (Å²) in [5.41, 5.74) is 7.67. The topological polar surface area (TPSA) is 237 Å². The molecule has 70 heavy (non-hydrogen) atoms. The summed E-state index contributed by atoms with van der Waals surface area (Å²) >= 11 is 3.45. The van der Waals surface area contributed by atoms with Gasteiger partial charge in [0.1, 0.15) is 0 Å². The minimum atomic E-state index is -1.68. The van der Waals surface area contributed by atoms with Gasteiger partial charge in [0.25, 0.3) is 17.7 Å². The van der Waals surface area contributed by atoms with Crippen molar-refractivity contribution in [2.75, 3.05) is 96.7 Å². The maximum absolute atomic E-state index is 12.5. The fraction of sp³-hybridized carbons (Fsp3) is 0.347. The number of likely N-dealkylation sites (tertiary alicyclic amines) is 2. The van der Waals surface area contributed by atoms with Gasteiger partial charge in [-0.05, 0) is 48.5 Å². The van der Waals surface area contributed by atoms with Crippen LogP contribution in [0.5, 0.6) is 0 Å². The molecule has 3 amide bonds. The number of pyridine rings is 2. The van der Waals surface area contributed by atoms with Gasteiger partial charge in [-0.1, -0.05) is 45.8 Å². The van der Waals surface area contributed by atoms with E-state index >= 15 is 0 Å². The minimum Gasteiger partial charge on any atom is -0.464 e. The van der Waals surface area contributed by atoms with Gasteiger partial charge in [-0.15, -0.1) is 6.42 Å². The Morgan fingerprint density at radius 1 is 0.729 bits per heavy atom. The van der Waals surface area contributed by atoms with Crippen LogP contribution in [0.4, 0.5) is 11.4 Å². The Morgan fingerprint density at radius 2 is 1.23 bits per heavy atom. The van der Waals surface area contributed by atoms with Crippen molar-refractivity contribution in [3.63, 3.8) is 0 Å². The van der Waals surface area contributed by atoms with Crippen LogP contribution in [0.3, 0.4) is 0 Å². The summed E-state index contributed by atoms with van der Waals surface area (Å²) in [4.78, 5) is 64.0. The van der Waals surface area contributed by atoms with E-state index in [2.05, 4.69) is 63.7 Å². The number of morpholine rings is 2. The van der Waals surface area contributed by atoms with Crippen molar-refractivity contribution in [3.05, 3.63) is 94.5 Å². The second kappa shape index (κ2) is 20.7. The molecule has 4 N–H and O–H groups in total. The second-order valence-corrected chi connectivity index (χ2v) is 17.7. The number of hydrogen-bond donors (Lipinski definition) is 3. The molecule has 10 rings (SSSR count). The molecule has 2 aromatic carbocycles. The number of anilines is 2. The first kappa shape index (κ1) is 49.0. The predicted octanol–water partition coefficient (Wildman–Crippen LogP) is 2.32. The van der Waals surface area contributed by atoms with Crippen molar-refractivity contribution in [3.8, 4) is 35.6 Å². The molecule has 4 fully saturated rings. The van der Waals surface area contributed by atoms with Gasteiger partial charge in [-0.25, -0.2) is 24.1 Å². The number of aliphatic hydroxyl groups is 2. The maximum atomic E-state index is 12.5. The molecule has 0 unspecified atom stereocenters. The number of hydrogen-bond acceptors (Lipinski definition) is 15. The SMILES string of the molecule is C#C[C@]1(O)CCN(C)C1=O.COC(=O)c1nn(-c2cccc(C#C[C@]3(O)CCN(C)C3=O)c2)c2ncc(N3CCOCC3)cc12.NC(=O)c1nn(-c2cccc(Br)c2)c2ncc(N3CCOCC3)cc12. The average Bonchev–Trinajstić information content (AvgIpc) is 4.12. The van der Waals surface area contributed by atoms with E-state index in [4.69, 9.17) is 26.4 Å². The zero-order chi connectivity index (χ0) is 49.7. The third kappa shape index (κ3) is 10.2. The van der Waals surface area contributed by atoms with Crippen LogP contribution in [0.1, 0.15) is 39.4 Å². The maximum Gasteiger partial charge on any atom is 0.359 e. The van der Waals surface area contributed by atoms with Crippen LogP contribution < -0.4 is 15.5 Å². The number of carbonyl (C=O) groups excluding carboxylic acids is 4. The fourth-order valence-corrected chi connectivity index (χ4v) is 8.60. The Kier molecular flexibility index (Phi) is 14.5. The van der Waals surface area contributed by atoms with E-state index in [-0.39, 0.29) is 23.7 Å². The molecule has 6 aromatic rings. The number of esters is 1. The lowest BCUT2D eigenvalue weighted by molar-refractivity contribution is -0.138. The molecule has 0 spiro atoms. The molecule has 0 aliphatic carbocycles. The molecule has 4 aliphatic heterocycles. The van der Waals surface area contributed by atoms with Crippen LogP contribution in [-0.2, 0) is 23.8 Å². The molecule has 4 aliphatic rings. The summed E-state index contributed by atoms with van der Waals surface area (Å²) in [6.07, 6.45) is 9.14. The number of halogens is 1. The molecule has 0 radical (unpaired) electrons. The number of ether oxygens (including phenoxy) is 3. The summed E-state index contributed by atoms with van der Waals surface area (Å²) in [5.74, 6) is 5.83. The Hall–Kier alpha value is -7.40. The zero-order valence-electron chi connectivity index (χ0n) is 38.7. The van der Waals surface area contributed by atoms with E-state index in [1.165, 1.54) is 16.9 Å². The summed E-state index contributed by atoms with van der Waals surface area (Å²) < 4.78 is 19.9. The van der Waals surface area contributed by atoms with Crippen molar-refractivity contribution in [1.29, 1.82) is 0 Å². The van der Waals surface area contributed by atoms with Gasteiger partial charge in [0.05, 0.1) is 79.5 Å². The van der Waals surface area contributed by atoms with Crippen LogP contribution >= 0.6 is 15.9 Å². The normalized spacial score (nSPS) is 20.0. The highest BCUT2D eigenvalue weighted by atomic mass is 79.9. The fourth-order valence-electron chi connectivity index (χ4n) is 8.22. The third-order valence-corrected chi connectivity index (χ3v) is 12.7. The Morgan fingerprint density at radius 3 is 1.70 bits per heavy atom. The molecule has 21 heteroatoms. The van der Waals surface area contributed by atoms with Gasteiger partial charge in [-0.3, -0.25) is 14.4 Å². The lowest BCUT2D eigenvalue weighted by atomic mass is 10.0. The van der Waals surface area contributed by atoms with Crippen molar-refractivity contribution in [2.24, 2.45) is 5.73 Å². The van der Waals surface area contributed by atoms with Crippen LogP contribution in [0.15, 0.2) is 77.5 Å². The number of terminal acetylenes is 1. The van der Waals surface area contributed by atoms with Crippen molar-refractivity contribution in [1.82, 2.24) is 39.3 Å². The van der Waals surface area contributed by atoms with Gasteiger partial charge in [-0.2, -0.15) is 10.2 Å². The number of benzene rings is 2. The molecule has 4 saturated heterocycles. The van der Waals surface area contributed by atoms with E-state index in [0.29, 0.717) is 79.3 Å². The smallest absolute Gasteiger partial charge is 0.359 e. The van der Waals surface area contributed by atoms with Gasteiger partial charge in [0, 0.05) is 76.2 Å². The van der Waals surface area contributed by atoms with Gasteiger partial charge in [0.15, 0.2) is 22.7 Å². The summed E-state index contributed by atoms with van der Waals surface area (Å²) in [7, 11) is 4.58. The lowest BCUT2D eigenvalue weighted by Crippen LogP contribution is -2.37. The van der Waals surface area contributed by atoms with E-state index in [1.54, 1.807) is 54.1 Å². The first-order valence-electron chi connectivity index (χ1n) is 22.3. The van der Waals surface area contributed by atoms with Crippen molar-refractivity contribution < 1.29 is 43.6 Å². The number of aromatic nitrogens is 6. The average molecular weight is 1020 g/mol. The molecule has 0 bridgehead atoms. The number of likely N-dealkylation sites (N-methyl/N-ethyl adjacent to an activating group) is 2. The predicted molar refractivity (Wildman–Crippen MR) is 261 cm³/mol. The summed E-state index contributed by atoms with van der Waals surface area (Å²) in [5, 5.41) is 30.0. The number of primary amides is 1. The zero-order valence-corrected chi connectivity index (χ0v) is 40.3. The monoisotopic (exact) mass is 1020 g/mol. The molecule has 20 nitrogen and oxygen atoms in total. The lowest BCUT2D eigenvalue weighted by Gasteiger charge is -2.28. The summed E-state index contributed by atoms with van der Waals surface area (Å²) in [6.45, 7) is 6.67. The first-order valence-corrected chi connectivity index (χ1v) is 23.1. The minimum absolute atomic E-state index is 0.162. The molecule has 4 aromatic heterocycles. The molecule has 2 atom stereocenters. The highest BCUT2D eigenvalue weighted by molar-refractivity contribution is 9.10. The number of amides is 3. The van der Waals surface area contributed by atoms with Gasteiger partial charge < -0.3 is 49.8 Å². The highest BCUT2D eigenvalue weighted by Gasteiger charge is 2.43. The Labute approximate surface area is 411 Å². The number of nitrogens with zero attached hydrogens (tertiary/aromatic N) is 10. The largest absolute Gasteiger partial charge is 0.464 e. The first-order chi connectivity index (χ1) is 33.6.